The fourth-order valence-electron chi connectivity index (χ4n) is 2.04. The number of halogens is 5. The summed E-state index contributed by atoms with van der Waals surface area (Å²) in [6.45, 7) is 0.283. The summed E-state index contributed by atoms with van der Waals surface area (Å²) < 4.78 is 39.0. The van der Waals surface area contributed by atoms with E-state index >= 15 is 0 Å². The van der Waals surface area contributed by atoms with Gasteiger partial charge in [-0.1, -0.05) is 27.5 Å². The second-order valence-electron chi connectivity index (χ2n) is 4.26. The van der Waals surface area contributed by atoms with Crippen molar-refractivity contribution >= 4 is 39.1 Å². The number of carbonyl (C=O) groups excluding carboxylic acids is 1. The molecule has 2 rings (SSSR count). The zero-order valence-electron chi connectivity index (χ0n) is 9.68. The standard InChI is InChI=1S/C12H10BrClF3NO/c13-9-2-1-5-18(11(9)19)10-4-3-7(14)6-8(10)12(15,16)17/h3-4,6,9H,1-2,5H2. The van der Waals surface area contributed by atoms with Crippen molar-refractivity contribution < 1.29 is 18.0 Å². The van der Waals surface area contributed by atoms with Gasteiger partial charge in [0, 0.05) is 11.6 Å². The Morgan fingerprint density at radius 2 is 2.05 bits per heavy atom. The molecule has 1 aromatic rings. The molecule has 1 amide bonds. The number of piperidine rings is 1. The van der Waals surface area contributed by atoms with Crippen LogP contribution in [0.3, 0.4) is 0 Å². The van der Waals surface area contributed by atoms with Crippen LogP contribution >= 0.6 is 27.5 Å². The van der Waals surface area contributed by atoms with E-state index in [4.69, 9.17) is 11.6 Å². The van der Waals surface area contributed by atoms with E-state index in [0.29, 0.717) is 12.8 Å². The molecule has 0 aliphatic carbocycles. The average molecular weight is 357 g/mol. The lowest BCUT2D eigenvalue weighted by Crippen LogP contribution is -2.42. The summed E-state index contributed by atoms with van der Waals surface area (Å²) in [6, 6.07) is 3.45. The maximum absolute atomic E-state index is 13.0. The highest BCUT2D eigenvalue weighted by Crippen LogP contribution is 2.39. The molecule has 0 radical (unpaired) electrons. The molecule has 1 saturated heterocycles. The first-order valence-corrected chi connectivity index (χ1v) is 6.92. The predicted molar refractivity (Wildman–Crippen MR) is 70.8 cm³/mol. The smallest absolute Gasteiger partial charge is 0.311 e. The molecule has 0 N–H and O–H groups in total. The van der Waals surface area contributed by atoms with Crippen LogP contribution in [-0.2, 0) is 11.0 Å². The zero-order valence-corrected chi connectivity index (χ0v) is 12.0. The van der Waals surface area contributed by atoms with Crippen molar-refractivity contribution in [3.8, 4) is 0 Å². The van der Waals surface area contributed by atoms with Crippen LogP contribution in [0.25, 0.3) is 0 Å². The van der Waals surface area contributed by atoms with Gasteiger partial charge in [-0.3, -0.25) is 4.79 Å². The van der Waals surface area contributed by atoms with Crippen LogP contribution in [0, 0.1) is 0 Å². The molecule has 7 heteroatoms. The van der Waals surface area contributed by atoms with Gasteiger partial charge in [0.25, 0.3) is 0 Å². The molecule has 0 aromatic heterocycles. The van der Waals surface area contributed by atoms with Crippen LogP contribution in [0.15, 0.2) is 18.2 Å². The molecule has 0 bridgehead atoms. The first-order valence-electron chi connectivity index (χ1n) is 5.63. The number of amides is 1. The number of carbonyl (C=O) groups is 1. The van der Waals surface area contributed by atoms with Gasteiger partial charge in [-0.15, -0.1) is 0 Å². The molecule has 1 atom stereocenters. The van der Waals surface area contributed by atoms with Gasteiger partial charge in [-0.05, 0) is 31.0 Å². The summed E-state index contributed by atoms with van der Waals surface area (Å²) in [4.78, 5) is 12.7. The van der Waals surface area contributed by atoms with Gasteiger partial charge in [0.15, 0.2) is 0 Å². The molecular formula is C12H10BrClF3NO. The molecular weight excluding hydrogens is 346 g/mol. The van der Waals surface area contributed by atoms with Gasteiger partial charge in [0.1, 0.15) is 0 Å². The number of anilines is 1. The highest BCUT2D eigenvalue weighted by atomic mass is 79.9. The minimum absolute atomic E-state index is 0.00377. The number of nitrogens with zero attached hydrogens (tertiary/aromatic N) is 1. The summed E-state index contributed by atoms with van der Waals surface area (Å²) in [6.07, 6.45) is -3.26. The maximum Gasteiger partial charge on any atom is 0.418 e. The fraction of sp³-hybridized carbons (Fsp3) is 0.417. The third kappa shape index (κ3) is 3.05. The zero-order chi connectivity index (χ0) is 14.2. The highest BCUT2D eigenvalue weighted by molar-refractivity contribution is 9.10. The summed E-state index contributed by atoms with van der Waals surface area (Å²) in [7, 11) is 0. The van der Waals surface area contributed by atoms with E-state index in [1.807, 2.05) is 0 Å². The van der Waals surface area contributed by atoms with E-state index in [2.05, 4.69) is 15.9 Å². The molecule has 19 heavy (non-hydrogen) atoms. The van der Waals surface area contributed by atoms with Crippen LogP contribution in [0.4, 0.5) is 18.9 Å². The molecule has 0 spiro atoms. The van der Waals surface area contributed by atoms with E-state index in [1.165, 1.54) is 17.0 Å². The Bertz CT molecular complexity index is 506. The monoisotopic (exact) mass is 355 g/mol. The molecule has 1 fully saturated rings. The lowest BCUT2D eigenvalue weighted by atomic mass is 10.1. The average Bonchev–Trinajstić information content (AvgIpc) is 2.32. The van der Waals surface area contributed by atoms with Crippen molar-refractivity contribution in [2.75, 3.05) is 11.4 Å². The highest BCUT2D eigenvalue weighted by Gasteiger charge is 2.38. The molecule has 1 aromatic carbocycles. The van der Waals surface area contributed by atoms with Crippen molar-refractivity contribution in [2.45, 2.75) is 23.8 Å². The normalized spacial score (nSPS) is 20.8. The van der Waals surface area contributed by atoms with Crippen molar-refractivity contribution in [1.29, 1.82) is 0 Å². The predicted octanol–water partition coefficient (Wildman–Crippen LogP) is 4.25. The molecule has 2 nitrogen and oxygen atoms in total. The van der Waals surface area contributed by atoms with Gasteiger partial charge < -0.3 is 4.90 Å². The Hall–Kier alpha value is -0.750. The van der Waals surface area contributed by atoms with E-state index < -0.39 is 16.6 Å². The summed E-state index contributed by atoms with van der Waals surface area (Å²) in [5.41, 5.74) is -1.01. The number of hydrogen-bond donors (Lipinski definition) is 0. The Labute approximate surface area is 121 Å². The maximum atomic E-state index is 13.0. The third-order valence-corrected chi connectivity index (χ3v) is 4.01. The molecule has 1 heterocycles. The van der Waals surface area contributed by atoms with Crippen LogP contribution in [0.1, 0.15) is 18.4 Å². The van der Waals surface area contributed by atoms with Crippen LogP contribution in [0.5, 0.6) is 0 Å². The third-order valence-electron chi connectivity index (χ3n) is 2.93. The van der Waals surface area contributed by atoms with Crippen molar-refractivity contribution in [3.63, 3.8) is 0 Å². The van der Waals surface area contributed by atoms with Crippen LogP contribution in [0.2, 0.25) is 5.02 Å². The van der Waals surface area contributed by atoms with Crippen LogP contribution < -0.4 is 4.90 Å². The quantitative estimate of drug-likeness (QED) is 0.689. The number of alkyl halides is 4. The fourth-order valence-corrected chi connectivity index (χ4v) is 2.78. The molecule has 1 aliphatic rings. The number of benzene rings is 1. The molecule has 1 unspecified atom stereocenters. The SMILES string of the molecule is O=C1C(Br)CCCN1c1ccc(Cl)cc1C(F)(F)F. The molecule has 104 valence electrons. The van der Waals surface area contributed by atoms with Gasteiger partial charge in [0.05, 0.1) is 16.1 Å². The first kappa shape index (κ1) is 14.7. The number of rotatable bonds is 1. The Morgan fingerprint density at radius 1 is 1.37 bits per heavy atom. The van der Waals surface area contributed by atoms with Crippen molar-refractivity contribution in [3.05, 3.63) is 28.8 Å². The minimum atomic E-state index is -4.54. The van der Waals surface area contributed by atoms with Gasteiger partial charge in [0.2, 0.25) is 5.91 Å². The summed E-state index contributed by atoms with van der Waals surface area (Å²) >= 11 is 8.80. The second-order valence-corrected chi connectivity index (χ2v) is 5.80. The largest absolute Gasteiger partial charge is 0.418 e. The van der Waals surface area contributed by atoms with Crippen molar-refractivity contribution in [1.82, 2.24) is 0 Å². The van der Waals surface area contributed by atoms with Gasteiger partial charge >= 0.3 is 6.18 Å². The summed E-state index contributed by atoms with van der Waals surface area (Å²) in [5, 5.41) is -0.00377. The molecule has 0 saturated carbocycles. The van der Waals surface area contributed by atoms with E-state index in [1.54, 1.807) is 0 Å². The Kier molecular flexibility index (Phi) is 4.11. The second kappa shape index (κ2) is 5.32. The lowest BCUT2D eigenvalue weighted by molar-refractivity contribution is -0.137. The van der Waals surface area contributed by atoms with E-state index in [0.717, 1.165) is 6.07 Å². The van der Waals surface area contributed by atoms with Gasteiger partial charge in [-0.25, -0.2) is 0 Å². The van der Waals surface area contributed by atoms with E-state index in [-0.39, 0.29) is 23.2 Å². The minimum Gasteiger partial charge on any atom is -0.311 e. The van der Waals surface area contributed by atoms with Gasteiger partial charge in [-0.2, -0.15) is 13.2 Å². The topological polar surface area (TPSA) is 20.3 Å². The number of hydrogen-bond acceptors (Lipinski definition) is 1. The Balaban J connectivity index is 2.47. The lowest BCUT2D eigenvalue weighted by Gasteiger charge is -2.31. The van der Waals surface area contributed by atoms with Crippen molar-refractivity contribution in [2.24, 2.45) is 0 Å². The Morgan fingerprint density at radius 3 is 2.68 bits per heavy atom. The first-order chi connectivity index (χ1) is 8.80. The van der Waals surface area contributed by atoms with E-state index in [9.17, 15) is 18.0 Å². The summed E-state index contributed by atoms with van der Waals surface area (Å²) in [5.74, 6) is -0.348. The molecule has 1 aliphatic heterocycles. The van der Waals surface area contributed by atoms with Crippen LogP contribution in [-0.4, -0.2) is 17.3 Å².